The van der Waals surface area contributed by atoms with Crippen molar-refractivity contribution in [2.75, 3.05) is 0 Å². The number of pyridine rings is 1. The van der Waals surface area contributed by atoms with Crippen LogP contribution in [0.1, 0.15) is 13.8 Å². The average molecular weight is 187 g/mol. The second-order valence-electron chi connectivity index (χ2n) is 3.52. The third kappa shape index (κ3) is 1.84. The zero-order chi connectivity index (χ0) is 9.97. The lowest BCUT2D eigenvalue weighted by Gasteiger charge is -2.09. The molecule has 0 aliphatic heterocycles. The Kier molecular flexibility index (Phi) is 2.35. The molecule has 0 bridgehead atoms. The highest BCUT2D eigenvalue weighted by Gasteiger charge is 1.99. The lowest BCUT2D eigenvalue weighted by Crippen LogP contribution is -2.05. The van der Waals surface area contributed by atoms with E-state index < -0.39 is 0 Å². The second-order valence-corrected chi connectivity index (χ2v) is 3.52. The summed E-state index contributed by atoms with van der Waals surface area (Å²) in [5.74, 6) is 0.903. The summed E-state index contributed by atoms with van der Waals surface area (Å²) < 4.78 is 5.59. The van der Waals surface area contributed by atoms with Crippen molar-refractivity contribution >= 4 is 10.9 Å². The van der Waals surface area contributed by atoms with E-state index in [0.717, 1.165) is 16.7 Å². The molecule has 0 radical (unpaired) electrons. The van der Waals surface area contributed by atoms with Crippen LogP contribution in [0.5, 0.6) is 5.75 Å². The van der Waals surface area contributed by atoms with Gasteiger partial charge < -0.3 is 4.74 Å². The molecule has 2 aromatic rings. The summed E-state index contributed by atoms with van der Waals surface area (Å²) in [5, 5.41) is 1.12. The maximum Gasteiger partial charge on any atom is 0.120 e. The van der Waals surface area contributed by atoms with Gasteiger partial charge in [-0.15, -0.1) is 0 Å². The van der Waals surface area contributed by atoms with Crippen molar-refractivity contribution < 1.29 is 4.74 Å². The van der Waals surface area contributed by atoms with Gasteiger partial charge in [-0.3, -0.25) is 4.98 Å². The number of ether oxygens (including phenoxy) is 1. The molecule has 1 heterocycles. The van der Waals surface area contributed by atoms with E-state index in [2.05, 4.69) is 4.98 Å². The van der Waals surface area contributed by atoms with E-state index >= 15 is 0 Å². The van der Waals surface area contributed by atoms with E-state index in [-0.39, 0.29) is 6.10 Å². The normalized spacial score (nSPS) is 10.8. The van der Waals surface area contributed by atoms with Crippen molar-refractivity contribution in [3.63, 3.8) is 0 Å². The molecule has 1 aromatic carbocycles. The molecule has 0 aliphatic carbocycles. The van der Waals surface area contributed by atoms with Gasteiger partial charge in [-0.2, -0.15) is 0 Å². The minimum Gasteiger partial charge on any atom is -0.491 e. The molecular weight excluding hydrogens is 174 g/mol. The second kappa shape index (κ2) is 3.66. The summed E-state index contributed by atoms with van der Waals surface area (Å²) >= 11 is 0. The molecular formula is C12H13NO. The van der Waals surface area contributed by atoms with Crippen molar-refractivity contribution in [1.82, 2.24) is 4.98 Å². The van der Waals surface area contributed by atoms with Gasteiger partial charge in [0.2, 0.25) is 0 Å². The highest BCUT2D eigenvalue weighted by atomic mass is 16.5. The van der Waals surface area contributed by atoms with Crippen LogP contribution in [-0.4, -0.2) is 11.1 Å². The molecule has 0 N–H and O–H groups in total. The quantitative estimate of drug-likeness (QED) is 0.721. The standard InChI is InChI=1S/C12H13NO/c1-9(2)14-11-5-6-12-10(8-11)4-3-7-13-12/h3-9H,1-2H3. The topological polar surface area (TPSA) is 22.1 Å². The molecule has 2 rings (SSSR count). The fourth-order valence-corrected chi connectivity index (χ4v) is 1.40. The first kappa shape index (κ1) is 9.00. The van der Waals surface area contributed by atoms with Crippen molar-refractivity contribution in [3.8, 4) is 5.75 Å². The third-order valence-corrected chi connectivity index (χ3v) is 1.95. The zero-order valence-corrected chi connectivity index (χ0v) is 8.40. The van der Waals surface area contributed by atoms with Crippen LogP contribution in [0.25, 0.3) is 10.9 Å². The van der Waals surface area contributed by atoms with E-state index in [1.165, 1.54) is 0 Å². The van der Waals surface area contributed by atoms with Crippen LogP contribution < -0.4 is 4.74 Å². The molecule has 0 fully saturated rings. The molecule has 0 unspecified atom stereocenters. The molecule has 2 heteroatoms. The SMILES string of the molecule is CC(C)Oc1ccc2ncccc2c1. The molecule has 1 aromatic heterocycles. The minimum atomic E-state index is 0.212. The summed E-state index contributed by atoms with van der Waals surface area (Å²) in [7, 11) is 0. The van der Waals surface area contributed by atoms with Gasteiger partial charge in [0.15, 0.2) is 0 Å². The van der Waals surface area contributed by atoms with Gasteiger partial charge in [0.05, 0.1) is 11.6 Å². The molecule has 72 valence electrons. The summed E-state index contributed by atoms with van der Waals surface area (Å²) in [6.07, 6.45) is 2.01. The van der Waals surface area contributed by atoms with Crippen molar-refractivity contribution in [2.24, 2.45) is 0 Å². The summed E-state index contributed by atoms with van der Waals surface area (Å²) in [4.78, 5) is 4.25. The monoisotopic (exact) mass is 187 g/mol. The summed E-state index contributed by atoms with van der Waals surface area (Å²) in [5.41, 5.74) is 1.00. The van der Waals surface area contributed by atoms with Crippen molar-refractivity contribution in [2.45, 2.75) is 20.0 Å². The van der Waals surface area contributed by atoms with Gasteiger partial charge in [-0.05, 0) is 38.1 Å². The van der Waals surface area contributed by atoms with Gasteiger partial charge in [0.25, 0.3) is 0 Å². The number of hydrogen-bond donors (Lipinski definition) is 0. The number of rotatable bonds is 2. The van der Waals surface area contributed by atoms with Crippen molar-refractivity contribution in [3.05, 3.63) is 36.5 Å². The minimum absolute atomic E-state index is 0.212. The summed E-state index contributed by atoms with van der Waals surface area (Å²) in [6.45, 7) is 4.04. The number of fused-ring (bicyclic) bond motifs is 1. The highest BCUT2D eigenvalue weighted by molar-refractivity contribution is 5.79. The van der Waals surface area contributed by atoms with Crippen molar-refractivity contribution in [1.29, 1.82) is 0 Å². The van der Waals surface area contributed by atoms with Crippen LogP contribution in [0.2, 0.25) is 0 Å². The average Bonchev–Trinajstić information content (AvgIpc) is 2.17. The molecule has 0 saturated carbocycles. The van der Waals surface area contributed by atoms with Crippen LogP contribution in [0.3, 0.4) is 0 Å². The number of aromatic nitrogens is 1. The van der Waals surface area contributed by atoms with E-state index in [0.29, 0.717) is 0 Å². The van der Waals surface area contributed by atoms with Crippen LogP contribution in [0, 0.1) is 0 Å². The van der Waals surface area contributed by atoms with Crippen LogP contribution in [-0.2, 0) is 0 Å². The van der Waals surface area contributed by atoms with Crippen LogP contribution >= 0.6 is 0 Å². The largest absolute Gasteiger partial charge is 0.491 e. The third-order valence-electron chi connectivity index (χ3n) is 1.95. The maximum absolute atomic E-state index is 5.59. The molecule has 0 amide bonds. The zero-order valence-electron chi connectivity index (χ0n) is 8.40. The lowest BCUT2D eigenvalue weighted by atomic mass is 10.2. The van der Waals surface area contributed by atoms with Gasteiger partial charge in [0, 0.05) is 11.6 Å². The first-order chi connectivity index (χ1) is 6.75. The Labute approximate surface area is 83.5 Å². The molecule has 0 aliphatic rings. The van der Waals surface area contributed by atoms with Crippen LogP contribution in [0.4, 0.5) is 0 Å². The molecule has 0 atom stereocenters. The predicted octanol–water partition coefficient (Wildman–Crippen LogP) is 3.02. The van der Waals surface area contributed by atoms with E-state index in [9.17, 15) is 0 Å². The Morgan fingerprint density at radius 2 is 2.07 bits per heavy atom. The maximum atomic E-state index is 5.59. The van der Waals surface area contributed by atoms with Gasteiger partial charge in [-0.1, -0.05) is 6.07 Å². The number of hydrogen-bond acceptors (Lipinski definition) is 2. The van der Waals surface area contributed by atoms with E-state index in [1.54, 1.807) is 6.20 Å². The highest BCUT2D eigenvalue weighted by Crippen LogP contribution is 2.19. The summed E-state index contributed by atoms with van der Waals surface area (Å²) in [6, 6.07) is 9.92. The predicted molar refractivity (Wildman–Crippen MR) is 57.5 cm³/mol. The Morgan fingerprint density at radius 1 is 1.21 bits per heavy atom. The molecule has 0 saturated heterocycles. The van der Waals surface area contributed by atoms with Gasteiger partial charge in [0.1, 0.15) is 5.75 Å². The number of nitrogens with zero attached hydrogens (tertiary/aromatic N) is 1. The first-order valence-electron chi connectivity index (χ1n) is 4.77. The Morgan fingerprint density at radius 3 is 2.86 bits per heavy atom. The fourth-order valence-electron chi connectivity index (χ4n) is 1.40. The number of benzene rings is 1. The molecule has 14 heavy (non-hydrogen) atoms. The first-order valence-corrected chi connectivity index (χ1v) is 4.77. The smallest absolute Gasteiger partial charge is 0.120 e. The van der Waals surface area contributed by atoms with Crippen LogP contribution in [0.15, 0.2) is 36.5 Å². The van der Waals surface area contributed by atoms with E-state index in [1.807, 2.05) is 44.2 Å². The Bertz CT molecular complexity index is 437. The molecule has 0 spiro atoms. The fraction of sp³-hybridized carbons (Fsp3) is 0.250. The Hall–Kier alpha value is -1.57. The molecule has 2 nitrogen and oxygen atoms in total. The Balaban J connectivity index is 2.41. The van der Waals surface area contributed by atoms with Gasteiger partial charge >= 0.3 is 0 Å². The van der Waals surface area contributed by atoms with Gasteiger partial charge in [-0.25, -0.2) is 0 Å². The lowest BCUT2D eigenvalue weighted by molar-refractivity contribution is 0.243. The van der Waals surface area contributed by atoms with E-state index in [4.69, 9.17) is 4.74 Å².